The van der Waals surface area contributed by atoms with Gasteiger partial charge in [0.1, 0.15) is 10.6 Å². The highest BCUT2D eigenvalue weighted by molar-refractivity contribution is 7.17. The molecule has 0 aliphatic heterocycles. The second-order valence-electron chi connectivity index (χ2n) is 4.21. The van der Waals surface area contributed by atoms with Crippen LogP contribution in [0.2, 0.25) is 0 Å². The van der Waals surface area contributed by atoms with E-state index in [-0.39, 0.29) is 5.97 Å². The molecule has 5 nitrogen and oxygen atoms in total. The molecule has 0 atom stereocenters. The molecule has 112 valence electrons. The molecule has 0 aliphatic rings. The van der Waals surface area contributed by atoms with Crippen molar-refractivity contribution < 1.29 is 14.3 Å². The maximum absolute atomic E-state index is 11.8. The Bertz CT molecular complexity index is 625. The largest absolute Gasteiger partial charge is 0.492 e. The molecule has 0 saturated heterocycles. The van der Waals surface area contributed by atoms with Gasteiger partial charge in [-0.2, -0.15) is 0 Å². The summed E-state index contributed by atoms with van der Waals surface area (Å²) in [6, 6.07) is 7.62. The molecular formula is C15H18N2O3S. The standard InChI is InChI=1S/C15H18N2O3S/c1-4-19-12-9-7-6-8-11(12)17-15-16-10(3)13(21-15)14(18)20-5-2/h6-9H,4-5H2,1-3H3,(H,16,17). The summed E-state index contributed by atoms with van der Waals surface area (Å²) in [7, 11) is 0. The maximum Gasteiger partial charge on any atom is 0.350 e. The van der Waals surface area contributed by atoms with Gasteiger partial charge >= 0.3 is 5.97 Å². The predicted octanol–water partition coefficient (Wildman–Crippen LogP) is 3.77. The Morgan fingerprint density at radius 2 is 2.05 bits per heavy atom. The molecule has 2 rings (SSSR count). The minimum Gasteiger partial charge on any atom is -0.492 e. The van der Waals surface area contributed by atoms with Gasteiger partial charge in [0, 0.05) is 0 Å². The molecule has 1 aromatic carbocycles. The lowest BCUT2D eigenvalue weighted by molar-refractivity contribution is 0.0531. The summed E-state index contributed by atoms with van der Waals surface area (Å²) in [5, 5.41) is 3.83. The minimum absolute atomic E-state index is 0.335. The summed E-state index contributed by atoms with van der Waals surface area (Å²) in [6.45, 7) is 6.45. The van der Waals surface area contributed by atoms with Crippen molar-refractivity contribution in [2.75, 3.05) is 18.5 Å². The van der Waals surface area contributed by atoms with E-state index in [0.29, 0.717) is 28.9 Å². The highest BCUT2D eigenvalue weighted by atomic mass is 32.1. The third kappa shape index (κ3) is 3.72. The number of nitrogens with one attached hydrogen (secondary N) is 1. The summed E-state index contributed by atoms with van der Waals surface area (Å²) in [5.74, 6) is 0.421. The van der Waals surface area contributed by atoms with E-state index in [4.69, 9.17) is 9.47 Å². The average Bonchev–Trinajstić information content (AvgIpc) is 2.82. The zero-order chi connectivity index (χ0) is 15.2. The van der Waals surface area contributed by atoms with Crippen molar-refractivity contribution in [2.45, 2.75) is 20.8 Å². The van der Waals surface area contributed by atoms with Gasteiger partial charge in [0.05, 0.1) is 24.6 Å². The molecule has 0 radical (unpaired) electrons. The molecule has 0 aliphatic carbocycles. The third-order valence-corrected chi connectivity index (χ3v) is 3.74. The topological polar surface area (TPSA) is 60.5 Å². The Morgan fingerprint density at radius 3 is 2.76 bits per heavy atom. The minimum atomic E-state index is -0.335. The molecule has 1 aromatic heterocycles. The molecule has 1 heterocycles. The van der Waals surface area contributed by atoms with Crippen LogP contribution in [0.25, 0.3) is 0 Å². The Kier molecular flexibility index (Phi) is 5.16. The van der Waals surface area contributed by atoms with Crippen LogP contribution >= 0.6 is 11.3 Å². The van der Waals surface area contributed by atoms with Crippen molar-refractivity contribution >= 4 is 28.1 Å². The van der Waals surface area contributed by atoms with Gasteiger partial charge in [0.15, 0.2) is 5.13 Å². The van der Waals surface area contributed by atoms with E-state index in [1.807, 2.05) is 31.2 Å². The van der Waals surface area contributed by atoms with E-state index >= 15 is 0 Å². The first-order valence-corrected chi connectivity index (χ1v) is 7.60. The van der Waals surface area contributed by atoms with E-state index in [0.717, 1.165) is 11.4 Å². The van der Waals surface area contributed by atoms with Crippen molar-refractivity contribution in [3.8, 4) is 5.75 Å². The molecule has 21 heavy (non-hydrogen) atoms. The number of anilines is 2. The van der Waals surface area contributed by atoms with Crippen LogP contribution in [0.3, 0.4) is 0 Å². The lowest BCUT2D eigenvalue weighted by Gasteiger charge is -2.09. The van der Waals surface area contributed by atoms with Crippen LogP contribution < -0.4 is 10.1 Å². The number of benzene rings is 1. The number of para-hydroxylation sites is 2. The van der Waals surface area contributed by atoms with Gasteiger partial charge in [-0.05, 0) is 32.9 Å². The monoisotopic (exact) mass is 306 g/mol. The number of nitrogens with zero attached hydrogens (tertiary/aromatic N) is 1. The van der Waals surface area contributed by atoms with E-state index < -0.39 is 0 Å². The fourth-order valence-electron chi connectivity index (χ4n) is 1.80. The van der Waals surface area contributed by atoms with Crippen LogP contribution in [0.15, 0.2) is 24.3 Å². The number of esters is 1. The van der Waals surface area contributed by atoms with Crippen molar-refractivity contribution in [1.82, 2.24) is 4.98 Å². The summed E-state index contributed by atoms with van der Waals surface area (Å²) in [5.41, 5.74) is 1.48. The van der Waals surface area contributed by atoms with Gasteiger partial charge in [-0.15, -0.1) is 0 Å². The normalized spacial score (nSPS) is 10.2. The van der Waals surface area contributed by atoms with Crippen molar-refractivity contribution in [3.05, 3.63) is 34.8 Å². The van der Waals surface area contributed by atoms with Crippen molar-refractivity contribution in [1.29, 1.82) is 0 Å². The number of rotatable bonds is 6. The zero-order valence-electron chi connectivity index (χ0n) is 12.3. The van der Waals surface area contributed by atoms with Crippen LogP contribution in [0, 0.1) is 6.92 Å². The second kappa shape index (κ2) is 7.08. The van der Waals surface area contributed by atoms with Crippen LogP contribution in [0.4, 0.5) is 10.8 Å². The van der Waals surface area contributed by atoms with Gasteiger partial charge in [0.25, 0.3) is 0 Å². The average molecular weight is 306 g/mol. The maximum atomic E-state index is 11.8. The van der Waals surface area contributed by atoms with Crippen molar-refractivity contribution in [3.63, 3.8) is 0 Å². The SMILES string of the molecule is CCOC(=O)c1sc(Nc2ccccc2OCC)nc1C. The second-order valence-corrected chi connectivity index (χ2v) is 5.21. The molecule has 0 amide bonds. The van der Waals surface area contributed by atoms with Gasteiger partial charge in [-0.1, -0.05) is 23.5 Å². The Hall–Kier alpha value is -2.08. The molecular weight excluding hydrogens is 288 g/mol. The third-order valence-electron chi connectivity index (χ3n) is 2.69. The molecule has 0 saturated carbocycles. The number of carbonyl (C=O) groups excluding carboxylic acids is 1. The summed E-state index contributed by atoms with van der Waals surface area (Å²) < 4.78 is 10.6. The summed E-state index contributed by atoms with van der Waals surface area (Å²) >= 11 is 1.28. The lowest BCUT2D eigenvalue weighted by Crippen LogP contribution is -2.03. The van der Waals surface area contributed by atoms with E-state index in [1.54, 1.807) is 13.8 Å². The van der Waals surface area contributed by atoms with Crippen LogP contribution in [-0.2, 0) is 4.74 Å². The van der Waals surface area contributed by atoms with Crippen molar-refractivity contribution in [2.24, 2.45) is 0 Å². The van der Waals surface area contributed by atoms with Crippen LogP contribution in [0.5, 0.6) is 5.75 Å². The first-order chi connectivity index (χ1) is 10.2. The van der Waals surface area contributed by atoms with Gasteiger partial charge in [0.2, 0.25) is 0 Å². The molecule has 0 bridgehead atoms. The molecule has 0 unspecified atom stereocenters. The highest BCUT2D eigenvalue weighted by Crippen LogP contribution is 2.31. The number of carbonyl (C=O) groups is 1. The van der Waals surface area contributed by atoms with Gasteiger partial charge in [-0.25, -0.2) is 9.78 Å². The molecule has 6 heteroatoms. The lowest BCUT2D eigenvalue weighted by atomic mass is 10.3. The Morgan fingerprint density at radius 1 is 1.29 bits per heavy atom. The molecule has 0 fully saturated rings. The zero-order valence-corrected chi connectivity index (χ0v) is 13.1. The molecule has 0 spiro atoms. The smallest absolute Gasteiger partial charge is 0.350 e. The number of hydrogen-bond donors (Lipinski definition) is 1. The quantitative estimate of drug-likeness (QED) is 0.823. The molecule has 2 aromatic rings. The first-order valence-electron chi connectivity index (χ1n) is 6.79. The molecule has 1 N–H and O–H groups in total. The Labute approximate surface area is 127 Å². The van der Waals surface area contributed by atoms with Gasteiger partial charge < -0.3 is 14.8 Å². The predicted molar refractivity (Wildman–Crippen MR) is 83.7 cm³/mol. The van der Waals surface area contributed by atoms with Crippen LogP contribution in [-0.4, -0.2) is 24.2 Å². The van der Waals surface area contributed by atoms with E-state index in [9.17, 15) is 4.79 Å². The Balaban J connectivity index is 2.21. The number of thiazole rings is 1. The number of aromatic nitrogens is 1. The highest BCUT2D eigenvalue weighted by Gasteiger charge is 2.17. The van der Waals surface area contributed by atoms with E-state index in [1.165, 1.54) is 11.3 Å². The number of hydrogen-bond acceptors (Lipinski definition) is 6. The summed E-state index contributed by atoms with van der Waals surface area (Å²) in [4.78, 5) is 16.7. The van der Waals surface area contributed by atoms with Crippen LogP contribution in [0.1, 0.15) is 29.2 Å². The fraction of sp³-hybridized carbons (Fsp3) is 0.333. The van der Waals surface area contributed by atoms with E-state index in [2.05, 4.69) is 10.3 Å². The summed E-state index contributed by atoms with van der Waals surface area (Å²) in [6.07, 6.45) is 0. The fourth-order valence-corrected chi connectivity index (χ4v) is 2.67. The number of aryl methyl sites for hydroxylation is 1. The first kappa shape index (κ1) is 15.3. The van der Waals surface area contributed by atoms with Gasteiger partial charge in [-0.3, -0.25) is 0 Å². The number of ether oxygens (including phenoxy) is 2.